The molecule has 170 valence electrons. The maximum atomic E-state index is 15.0. The fraction of sp³-hybridized carbons (Fsp3) is 0.192. The zero-order valence-corrected chi connectivity index (χ0v) is 18.1. The van der Waals surface area contributed by atoms with Crippen LogP contribution >= 0.6 is 0 Å². The van der Waals surface area contributed by atoms with Crippen LogP contribution in [0.15, 0.2) is 65.1 Å². The molecule has 0 aliphatic carbocycles. The number of carbonyl (C=O) groups is 1. The third-order valence-electron chi connectivity index (χ3n) is 5.24. The lowest BCUT2D eigenvalue weighted by molar-refractivity contribution is -0.142. The van der Waals surface area contributed by atoms with Crippen LogP contribution in [0.3, 0.4) is 0 Å². The Balaban J connectivity index is 1.68. The van der Waals surface area contributed by atoms with E-state index >= 15 is 4.39 Å². The summed E-state index contributed by atoms with van der Waals surface area (Å²) < 4.78 is 45.2. The van der Waals surface area contributed by atoms with E-state index < -0.39 is 11.8 Å². The molecular formula is C26H23F2NO4. The molecule has 0 amide bonds. The Morgan fingerprint density at radius 1 is 1.00 bits per heavy atom. The number of halogens is 2. The molecule has 0 unspecified atom stereocenters. The normalized spacial score (nSPS) is 11.0. The van der Waals surface area contributed by atoms with Gasteiger partial charge in [0.1, 0.15) is 23.8 Å². The minimum atomic E-state index is -0.764. The summed E-state index contributed by atoms with van der Waals surface area (Å²) in [6, 6.07) is 16.0. The van der Waals surface area contributed by atoms with Gasteiger partial charge in [-0.3, -0.25) is 4.79 Å². The van der Waals surface area contributed by atoms with Crippen molar-refractivity contribution in [2.45, 2.75) is 26.5 Å². The Bertz CT molecular complexity index is 1300. The smallest absolute Gasteiger partial charge is 0.310 e. The number of fused-ring (bicyclic) bond motifs is 1. The van der Waals surface area contributed by atoms with Crippen molar-refractivity contribution in [3.63, 3.8) is 0 Å². The highest BCUT2D eigenvalue weighted by Crippen LogP contribution is 2.35. The molecule has 0 saturated carbocycles. The largest absolute Gasteiger partial charge is 0.489 e. The Labute approximate surface area is 189 Å². The van der Waals surface area contributed by atoms with Crippen LogP contribution in [0.5, 0.6) is 5.75 Å². The number of benzene rings is 3. The van der Waals surface area contributed by atoms with E-state index in [2.05, 4.69) is 0 Å². The van der Waals surface area contributed by atoms with E-state index in [0.717, 1.165) is 0 Å². The van der Waals surface area contributed by atoms with Gasteiger partial charge in [0.15, 0.2) is 0 Å². The molecule has 0 aliphatic heterocycles. The zero-order valence-electron chi connectivity index (χ0n) is 18.1. The number of furan rings is 1. The van der Waals surface area contributed by atoms with Gasteiger partial charge in [-0.05, 0) is 30.7 Å². The van der Waals surface area contributed by atoms with Gasteiger partial charge in [-0.2, -0.15) is 4.39 Å². The van der Waals surface area contributed by atoms with Gasteiger partial charge in [0.05, 0.1) is 13.0 Å². The number of carbonyl (C=O) groups excluding carboxylic acids is 1. The molecule has 0 saturated heterocycles. The van der Waals surface area contributed by atoms with Crippen molar-refractivity contribution < 1.29 is 27.5 Å². The minimum absolute atomic E-state index is 0.0371. The fourth-order valence-electron chi connectivity index (χ4n) is 3.73. The second-order valence-corrected chi connectivity index (χ2v) is 7.47. The van der Waals surface area contributed by atoms with Crippen LogP contribution in [0.4, 0.5) is 8.78 Å². The zero-order chi connectivity index (χ0) is 23.4. The highest BCUT2D eigenvalue weighted by molar-refractivity contribution is 5.93. The predicted molar refractivity (Wildman–Crippen MR) is 121 cm³/mol. The monoisotopic (exact) mass is 451 g/mol. The molecule has 0 bridgehead atoms. The van der Waals surface area contributed by atoms with Gasteiger partial charge >= 0.3 is 5.97 Å². The van der Waals surface area contributed by atoms with Gasteiger partial charge in [0, 0.05) is 40.3 Å². The Kier molecular flexibility index (Phi) is 6.70. The summed E-state index contributed by atoms with van der Waals surface area (Å²) in [6.07, 6.45) is 0.0817. The summed E-state index contributed by atoms with van der Waals surface area (Å²) in [7, 11) is 0. The first-order valence-electron chi connectivity index (χ1n) is 10.6. The fourth-order valence-corrected chi connectivity index (χ4v) is 3.73. The van der Waals surface area contributed by atoms with Gasteiger partial charge in [-0.15, -0.1) is 0 Å². The summed E-state index contributed by atoms with van der Waals surface area (Å²) in [4.78, 5) is 11.9. The number of rotatable bonds is 8. The topological polar surface area (TPSA) is 74.7 Å². The SMILES string of the molecule is CCOC(=O)Cc1ccccc1OCc1cc(-c2cccc(CN)c2F)c2oc(F)cc2c1. The Hall–Kier alpha value is -3.71. The standard InChI is InChI=1S/C26H23F2NO4/c1-2-31-24(30)13-17-6-3-4-9-22(17)32-15-16-10-19-12-23(27)33-26(19)21(11-16)20-8-5-7-18(14-29)25(20)28/h3-12H,2,13-15,29H2,1H3. The van der Waals surface area contributed by atoms with Crippen molar-refractivity contribution in [3.8, 4) is 16.9 Å². The molecule has 1 heterocycles. The lowest BCUT2D eigenvalue weighted by Gasteiger charge is -2.13. The van der Waals surface area contributed by atoms with Crippen LogP contribution in [0.25, 0.3) is 22.1 Å². The second-order valence-electron chi connectivity index (χ2n) is 7.47. The van der Waals surface area contributed by atoms with Gasteiger partial charge in [0.25, 0.3) is 6.01 Å². The van der Waals surface area contributed by atoms with E-state index in [0.29, 0.717) is 40.0 Å². The molecule has 3 aromatic carbocycles. The Morgan fingerprint density at radius 3 is 2.58 bits per heavy atom. The van der Waals surface area contributed by atoms with Gasteiger partial charge in [-0.1, -0.05) is 36.4 Å². The molecular weight excluding hydrogens is 428 g/mol. The predicted octanol–water partition coefficient (Wildman–Crippen LogP) is 5.52. The first kappa shape index (κ1) is 22.5. The van der Waals surface area contributed by atoms with Crippen LogP contribution in [-0.2, 0) is 29.1 Å². The molecule has 0 fully saturated rings. The summed E-state index contributed by atoms with van der Waals surface area (Å²) in [5, 5.41) is 0.487. The molecule has 33 heavy (non-hydrogen) atoms. The van der Waals surface area contributed by atoms with E-state index in [9.17, 15) is 9.18 Å². The van der Waals surface area contributed by atoms with Crippen LogP contribution in [-0.4, -0.2) is 12.6 Å². The molecule has 1 aromatic heterocycles. The van der Waals surface area contributed by atoms with Crippen molar-refractivity contribution in [1.29, 1.82) is 0 Å². The van der Waals surface area contributed by atoms with E-state index in [1.54, 1.807) is 55.5 Å². The second kappa shape index (κ2) is 9.83. The molecule has 7 heteroatoms. The number of hydrogen-bond donors (Lipinski definition) is 1. The van der Waals surface area contributed by atoms with Crippen molar-refractivity contribution in [2.24, 2.45) is 5.73 Å². The highest BCUT2D eigenvalue weighted by Gasteiger charge is 2.17. The highest BCUT2D eigenvalue weighted by atomic mass is 19.1. The first-order valence-corrected chi connectivity index (χ1v) is 10.6. The molecule has 0 radical (unpaired) electrons. The van der Waals surface area contributed by atoms with Crippen molar-refractivity contribution in [1.82, 2.24) is 0 Å². The van der Waals surface area contributed by atoms with Crippen molar-refractivity contribution in [2.75, 3.05) is 6.61 Å². The molecule has 4 aromatic rings. The molecule has 5 nitrogen and oxygen atoms in total. The maximum absolute atomic E-state index is 15.0. The number of esters is 1. The van der Waals surface area contributed by atoms with Gasteiger partial charge in [0.2, 0.25) is 0 Å². The molecule has 4 rings (SSSR count). The average Bonchev–Trinajstić information content (AvgIpc) is 3.18. The maximum Gasteiger partial charge on any atom is 0.310 e. The van der Waals surface area contributed by atoms with Crippen LogP contribution < -0.4 is 10.5 Å². The summed E-state index contributed by atoms with van der Waals surface area (Å²) in [5.74, 6) is -0.292. The molecule has 0 atom stereocenters. The number of para-hydroxylation sites is 1. The lowest BCUT2D eigenvalue weighted by Crippen LogP contribution is -2.09. The lowest BCUT2D eigenvalue weighted by atomic mass is 9.98. The number of hydrogen-bond acceptors (Lipinski definition) is 5. The van der Waals surface area contributed by atoms with Crippen LogP contribution in [0.1, 0.15) is 23.6 Å². The van der Waals surface area contributed by atoms with Crippen LogP contribution in [0.2, 0.25) is 0 Å². The van der Waals surface area contributed by atoms with Crippen molar-refractivity contribution in [3.05, 3.63) is 89.2 Å². The summed E-state index contributed by atoms with van der Waals surface area (Å²) >= 11 is 0. The summed E-state index contributed by atoms with van der Waals surface area (Å²) in [5.41, 5.74) is 8.28. The summed E-state index contributed by atoms with van der Waals surface area (Å²) in [6.45, 7) is 2.20. The third-order valence-corrected chi connectivity index (χ3v) is 5.24. The van der Waals surface area contributed by atoms with Gasteiger partial charge < -0.3 is 19.6 Å². The quantitative estimate of drug-likeness (QED) is 0.357. The van der Waals surface area contributed by atoms with Crippen LogP contribution in [0, 0.1) is 11.8 Å². The average molecular weight is 451 g/mol. The Morgan fingerprint density at radius 2 is 1.79 bits per heavy atom. The van der Waals surface area contributed by atoms with Crippen molar-refractivity contribution >= 4 is 16.9 Å². The van der Waals surface area contributed by atoms with E-state index in [1.807, 2.05) is 6.07 Å². The molecule has 0 aliphatic rings. The molecule has 2 N–H and O–H groups in total. The first-order chi connectivity index (χ1) is 16.0. The van der Waals surface area contributed by atoms with E-state index in [-0.39, 0.29) is 36.7 Å². The third kappa shape index (κ3) is 4.88. The van der Waals surface area contributed by atoms with E-state index in [4.69, 9.17) is 19.6 Å². The van der Waals surface area contributed by atoms with Gasteiger partial charge in [-0.25, -0.2) is 4.39 Å². The van der Waals surface area contributed by atoms with E-state index in [1.165, 1.54) is 6.07 Å². The number of ether oxygens (including phenoxy) is 2. The number of nitrogens with two attached hydrogens (primary N) is 1. The minimum Gasteiger partial charge on any atom is -0.489 e. The molecule has 0 spiro atoms.